The third kappa shape index (κ3) is 3.00. The molecule has 15 heavy (non-hydrogen) atoms. The molecule has 1 rings (SSSR count). The minimum atomic E-state index is -0.501. The van der Waals surface area contributed by atoms with Crippen molar-refractivity contribution < 1.29 is 9.72 Å². The van der Waals surface area contributed by atoms with Gasteiger partial charge in [-0.15, -0.1) is 11.6 Å². The Bertz CT molecular complexity index is 408. The topological polar surface area (TPSA) is 60.2 Å². The minimum absolute atomic E-state index is 0.0464. The molecule has 0 aliphatic carbocycles. The zero-order valence-corrected chi connectivity index (χ0v) is 9.92. The zero-order chi connectivity index (χ0) is 11.4. The minimum Gasteiger partial charge on any atom is -0.298 e. The molecule has 0 bridgehead atoms. The highest BCUT2D eigenvalue weighted by Gasteiger charge is 2.16. The molecule has 0 aliphatic rings. The number of alkyl halides is 1. The van der Waals surface area contributed by atoms with Gasteiger partial charge in [0.15, 0.2) is 5.78 Å². The van der Waals surface area contributed by atoms with E-state index in [2.05, 4.69) is 15.9 Å². The van der Waals surface area contributed by atoms with Crippen molar-refractivity contribution in [3.63, 3.8) is 0 Å². The lowest BCUT2D eigenvalue weighted by molar-refractivity contribution is -0.385. The zero-order valence-electron chi connectivity index (χ0n) is 7.57. The van der Waals surface area contributed by atoms with Gasteiger partial charge in [0, 0.05) is 12.5 Å². The summed E-state index contributed by atoms with van der Waals surface area (Å²) >= 11 is 8.46. The number of rotatable bonds is 4. The molecule has 6 heteroatoms. The first kappa shape index (κ1) is 12.1. The smallest absolute Gasteiger partial charge is 0.283 e. The maximum absolute atomic E-state index is 11.1. The van der Waals surface area contributed by atoms with Gasteiger partial charge in [-0.2, -0.15) is 0 Å². The molecule has 4 nitrogen and oxygen atoms in total. The van der Waals surface area contributed by atoms with Crippen LogP contribution in [0.5, 0.6) is 0 Å². The van der Waals surface area contributed by atoms with Gasteiger partial charge in [0.1, 0.15) is 0 Å². The van der Waals surface area contributed by atoms with Gasteiger partial charge in [0.25, 0.3) is 5.69 Å². The molecule has 0 atom stereocenters. The molecule has 80 valence electrons. The molecule has 0 N–H and O–H groups in total. The van der Waals surface area contributed by atoms with E-state index < -0.39 is 4.92 Å². The van der Waals surface area contributed by atoms with Crippen molar-refractivity contribution in [2.75, 3.05) is 5.88 Å². The summed E-state index contributed by atoms with van der Waals surface area (Å²) < 4.78 is 0.341. The Labute approximate surface area is 99.5 Å². The first-order chi connectivity index (χ1) is 7.06. The van der Waals surface area contributed by atoms with Crippen molar-refractivity contribution in [1.82, 2.24) is 0 Å². The Balaban J connectivity index is 3.04. The standard InChI is InChI=1S/C9H7BrClNO3/c10-9-6(4-7(13)5-11)2-1-3-8(9)12(14)15/h1-3H,4-5H2. The lowest BCUT2D eigenvalue weighted by Crippen LogP contribution is -2.05. The van der Waals surface area contributed by atoms with Crippen molar-refractivity contribution >= 4 is 39.0 Å². The number of carbonyl (C=O) groups excluding carboxylic acids is 1. The summed E-state index contributed by atoms with van der Waals surface area (Å²) in [4.78, 5) is 21.2. The summed E-state index contributed by atoms with van der Waals surface area (Å²) in [7, 11) is 0. The number of halogens is 2. The van der Waals surface area contributed by atoms with Crippen molar-refractivity contribution in [1.29, 1.82) is 0 Å². The van der Waals surface area contributed by atoms with E-state index in [4.69, 9.17) is 11.6 Å². The fraction of sp³-hybridized carbons (Fsp3) is 0.222. The second-order valence-corrected chi connectivity index (χ2v) is 3.92. The molecule has 0 amide bonds. The quantitative estimate of drug-likeness (QED) is 0.487. The summed E-state index contributed by atoms with van der Waals surface area (Å²) in [6.45, 7) is 0. The lowest BCUT2D eigenvalue weighted by Gasteiger charge is -2.02. The van der Waals surface area contributed by atoms with Crippen LogP contribution < -0.4 is 0 Å². The van der Waals surface area contributed by atoms with E-state index in [1.165, 1.54) is 6.07 Å². The van der Waals surface area contributed by atoms with Crippen LogP contribution in [0.25, 0.3) is 0 Å². The Morgan fingerprint density at radius 1 is 1.53 bits per heavy atom. The van der Waals surface area contributed by atoms with Crippen LogP contribution in [0.15, 0.2) is 22.7 Å². The van der Waals surface area contributed by atoms with Crippen LogP contribution in [0.3, 0.4) is 0 Å². The van der Waals surface area contributed by atoms with Crippen LogP contribution in [0, 0.1) is 10.1 Å². The summed E-state index contributed by atoms with van der Waals surface area (Å²) in [6.07, 6.45) is 0.103. The second kappa shape index (κ2) is 5.23. The van der Waals surface area contributed by atoms with Crippen LogP contribution in [0.4, 0.5) is 5.69 Å². The summed E-state index contributed by atoms with van der Waals surface area (Å²) in [6, 6.07) is 4.57. The van der Waals surface area contributed by atoms with Crippen LogP contribution >= 0.6 is 27.5 Å². The molecule has 0 fully saturated rings. The lowest BCUT2D eigenvalue weighted by atomic mass is 10.1. The second-order valence-electron chi connectivity index (χ2n) is 2.86. The molecule has 0 heterocycles. The molecule has 0 radical (unpaired) electrons. The normalized spacial score (nSPS) is 10.0. The molecular formula is C9H7BrClNO3. The van der Waals surface area contributed by atoms with Crippen molar-refractivity contribution in [2.45, 2.75) is 6.42 Å². The SMILES string of the molecule is O=C(CCl)Cc1cccc([N+](=O)[O-])c1Br. The molecule has 0 spiro atoms. The number of hydrogen-bond donors (Lipinski definition) is 0. The number of nitro groups is 1. The highest BCUT2D eigenvalue weighted by atomic mass is 79.9. The van der Waals surface area contributed by atoms with E-state index in [9.17, 15) is 14.9 Å². The van der Waals surface area contributed by atoms with E-state index in [0.29, 0.717) is 10.0 Å². The number of nitrogens with zero attached hydrogens (tertiary/aromatic N) is 1. The highest BCUT2D eigenvalue weighted by molar-refractivity contribution is 9.10. The number of hydrogen-bond acceptors (Lipinski definition) is 3. The first-order valence-electron chi connectivity index (χ1n) is 4.05. The third-order valence-electron chi connectivity index (χ3n) is 1.79. The Kier molecular flexibility index (Phi) is 4.23. The van der Waals surface area contributed by atoms with Gasteiger partial charge >= 0.3 is 0 Å². The average molecular weight is 293 g/mol. The Hall–Kier alpha value is -0.940. The van der Waals surface area contributed by atoms with Crippen LogP contribution in [0.1, 0.15) is 5.56 Å². The van der Waals surface area contributed by atoms with Crippen LogP contribution in [-0.2, 0) is 11.2 Å². The molecule has 0 unspecified atom stereocenters. The number of nitro benzene ring substituents is 1. The van der Waals surface area contributed by atoms with Crippen LogP contribution in [-0.4, -0.2) is 16.6 Å². The van der Waals surface area contributed by atoms with E-state index in [-0.39, 0.29) is 23.8 Å². The van der Waals surface area contributed by atoms with E-state index in [0.717, 1.165) is 0 Å². The molecule has 0 saturated carbocycles. The molecule has 0 aromatic heterocycles. The fourth-order valence-corrected chi connectivity index (χ4v) is 1.75. The van der Waals surface area contributed by atoms with E-state index in [1.807, 2.05) is 0 Å². The van der Waals surface area contributed by atoms with Gasteiger partial charge in [-0.05, 0) is 21.5 Å². The van der Waals surface area contributed by atoms with Gasteiger partial charge in [0.2, 0.25) is 0 Å². The summed E-state index contributed by atoms with van der Waals surface area (Å²) in [5, 5.41) is 10.6. The Morgan fingerprint density at radius 3 is 2.73 bits per heavy atom. The van der Waals surface area contributed by atoms with Gasteiger partial charge in [0.05, 0.1) is 15.3 Å². The summed E-state index contributed by atoms with van der Waals surface area (Å²) in [5.41, 5.74) is 0.532. The number of benzene rings is 1. The van der Waals surface area contributed by atoms with E-state index >= 15 is 0 Å². The van der Waals surface area contributed by atoms with Crippen molar-refractivity contribution in [3.05, 3.63) is 38.3 Å². The van der Waals surface area contributed by atoms with Crippen LogP contribution in [0.2, 0.25) is 0 Å². The fourth-order valence-electron chi connectivity index (χ4n) is 1.10. The molecule has 1 aromatic rings. The number of carbonyl (C=O) groups is 1. The average Bonchev–Trinajstić information content (AvgIpc) is 2.20. The van der Waals surface area contributed by atoms with Gasteiger partial charge in [-0.1, -0.05) is 12.1 Å². The largest absolute Gasteiger partial charge is 0.298 e. The predicted octanol–water partition coefficient (Wildman–Crippen LogP) is 2.71. The van der Waals surface area contributed by atoms with E-state index in [1.54, 1.807) is 12.1 Å². The van der Waals surface area contributed by atoms with Gasteiger partial charge < -0.3 is 0 Å². The number of Topliss-reactive ketones (excluding diaryl/α,β-unsaturated/α-hetero) is 1. The molecule has 0 aliphatic heterocycles. The predicted molar refractivity (Wildman–Crippen MR) is 60.2 cm³/mol. The Morgan fingerprint density at radius 2 is 2.20 bits per heavy atom. The molecule has 0 saturated heterocycles. The molecule has 1 aromatic carbocycles. The molecular weight excluding hydrogens is 285 g/mol. The van der Waals surface area contributed by atoms with Gasteiger partial charge in [-0.3, -0.25) is 14.9 Å². The first-order valence-corrected chi connectivity index (χ1v) is 5.38. The monoisotopic (exact) mass is 291 g/mol. The maximum Gasteiger partial charge on any atom is 0.283 e. The summed E-state index contributed by atoms with van der Waals surface area (Å²) in [5.74, 6) is -0.257. The van der Waals surface area contributed by atoms with Crippen molar-refractivity contribution in [3.8, 4) is 0 Å². The highest BCUT2D eigenvalue weighted by Crippen LogP contribution is 2.28. The maximum atomic E-state index is 11.1. The number of ketones is 1. The van der Waals surface area contributed by atoms with Crippen molar-refractivity contribution in [2.24, 2.45) is 0 Å². The van der Waals surface area contributed by atoms with Gasteiger partial charge in [-0.25, -0.2) is 0 Å². The third-order valence-corrected chi connectivity index (χ3v) is 3.01.